The van der Waals surface area contributed by atoms with Gasteiger partial charge in [-0.3, -0.25) is 5.41 Å². The van der Waals surface area contributed by atoms with Crippen LogP contribution >= 0.6 is 11.6 Å². The Hall–Kier alpha value is -0.370. The molecule has 0 rings (SSSR count). The van der Waals surface area contributed by atoms with Crippen LogP contribution < -0.4 is 0 Å². The first-order valence-electron chi connectivity index (χ1n) is 2.45. The van der Waals surface area contributed by atoms with Crippen LogP contribution in [-0.4, -0.2) is 11.0 Å². The van der Waals surface area contributed by atoms with Crippen LogP contribution in [0.25, 0.3) is 0 Å². The molecule has 0 aliphatic carbocycles. The Bertz CT molecular complexity index is 118. The van der Waals surface area contributed by atoms with Gasteiger partial charge in [-0.15, -0.1) is 0 Å². The van der Waals surface area contributed by atoms with Crippen molar-refractivity contribution < 1.29 is 0 Å². The van der Waals surface area contributed by atoms with E-state index in [4.69, 9.17) is 17.0 Å². The predicted molar refractivity (Wildman–Crippen MR) is 37.0 cm³/mol. The van der Waals surface area contributed by atoms with Crippen LogP contribution in [0.2, 0.25) is 0 Å². The number of amidine groups is 1. The molecule has 8 heavy (non-hydrogen) atoms. The average Bonchev–Trinajstić information content (AvgIpc) is 1.65. The fourth-order valence-corrected chi connectivity index (χ4v) is 0.388. The lowest BCUT2D eigenvalue weighted by Gasteiger charge is -1.87. The van der Waals surface area contributed by atoms with Gasteiger partial charge in [0.1, 0.15) is 11.0 Å². The molecule has 0 aromatic carbocycles. The highest BCUT2D eigenvalue weighted by Gasteiger charge is 1.86. The van der Waals surface area contributed by atoms with E-state index >= 15 is 0 Å². The van der Waals surface area contributed by atoms with Crippen molar-refractivity contribution in [3.05, 3.63) is 0 Å². The van der Waals surface area contributed by atoms with Crippen molar-refractivity contribution in [2.75, 3.05) is 0 Å². The third kappa shape index (κ3) is 3.81. The lowest BCUT2D eigenvalue weighted by atomic mass is 10.5. The number of hydrogen-bond acceptors (Lipinski definition) is 1. The van der Waals surface area contributed by atoms with Gasteiger partial charge in [0.05, 0.1) is 0 Å². The molecular weight excluding hydrogens is 124 g/mol. The van der Waals surface area contributed by atoms with E-state index in [0.717, 1.165) is 0 Å². The quantitative estimate of drug-likeness (QED) is 0.419. The standard InChI is InChI=1S/C5H9ClN2/c1-3-5(6)8-4(2)7/h7H,3H2,1-2H3/b7-4?,8-5+. The summed E-state index contributed by atoms with van der Waals surface area (Å²) in [6, 6.07) is 0. The molecule has 0 radical (unpaired) electrons. The van der Waals surface area contributed by atoms with Gasteiger partial charge < -0.3 is 0 Å². The normalized spacial score (nSPS) is 11.6. The lowest BCUT2D eigenvalue weighted by molar-refractivity contribution is 1.30. The maximum Gasteiger partial charge on any atom is 0.118 e. The van der Waals surface area contributed by atoms with Crippen molar-refractivity contribution >= 4 is 22.6 Å². The van der Waals surface area contributed by atoms with Crippen molar-refractivity contribution in [3.63, 3.8) is 0 Å². The Morgan fingerprint density at radius 3 is 2.38 bits per heavy atom. The van der Waals surface area contributed by atoms with E-state index in [1.165, 1.54) is 0 Å². The van der Waals surface area contributed by atoms with Crippen molar-refractivity contribution in [2.45, 2.75) is 20.3 Å². The van der Waals surface area contributed by atoms with E-state index in [-0.39, 0.29) is 5.84 Å². The van der Waals surface area contributed by atoms with Gasteiger partial charge in [0.25, 0.3) is 0 Å². The van der Waals surface area contributed by atoms with Gasteiger partial charge in [0, 0.05) is 0 Å². The third-order valence-electron chi connectivity index (χ3n) is 0.581. The Labute approximate surface area is 54.1 Å². The largest absolute Gasteiger partial charge is 0.287 e. The summed E-state index contributed by atoms with van der Waals surface area (Å²) in [6.45, 7) is 3.49. The second-order valence-electron chi connectivity index (χ2n) is 1.43. The van der Waals surface area contributed by atoms with Crippen LogP contribution in [0.5, 0.6) is 0 Å². The molecule has 0 unspecified atom stereocenters. The molecule has 0 aromatic rings. The van der Waals surface area contributed by atoms with Crippen LogP contribution in [0.1, 0.15) is 20.3 Å². The Morgan fingerprint density at radius 2 is 2.25 bits per heavy atom. The van der Waals surface area contributed by atoms with Gasteiger partial charge in [-0.1, -0.05) is 18.5 Å². The molecule has 3 heteroatoms. The molecule has 0 aliphatic heterocycles. The van der Waals surface area contributed by atoms with Gasteiger partial charge in [-0.05, 0) is 13.3 Å². The molecule has 0 saturated carbocycles. The number of halogens is 1. The summed E-state index contributed by atoms with van der Waals surface area (Å²) in [4.78, 5) is 3.66. The van der Waals surface area contributed by atoms with Crippen molar-refractivity contribution in [1.29, 1.82) is 5.41 Å². The monoisotopic (exact) mass is 132 g/mol. The Morgan fingerprint density at radius 1 is 1.75 bits per heavy atom. The van der Waals surface area contributed by atoms with Crippen LogP contribution in [0.15, 0.2) is 4.99 Å². The van der Waals surface area contributed by atoms with E-state index in [1.807, 2.05) is 6.92 Å². The van der Waals surface area contributed by atoms with Gasteiger partial charge in [0.2, 0.25) is 0 Å². The van der Waals surface area contributed by atoms with E-state index in [9.17, 15) is 0 Å². The molecule has 0 fully saturated rings. The summed E-state index contributed by atoms with van der Waals surface area (Å²) in [6.07, 6.45) is 0.706. The summed E-state index contributed by atoms with van der Waals surface area (Å²) < 4.78 is 0. The second kappa shape index (κ2) is 3.61. The van der Waals surface area contributed by atoms with Crippen LogP contribution in [0.4, 0.5) is 0 Å². The van der Waals surface area contributed by atoms with Gasteiger partial charge in [-0.25, -0.2) is 4.99 Å². The number of aliphatic imine (C=N–C) groups is 1. The predicted octanol–water partition coefficient (Wildman–Crippen LogP) is 2.03. The minimum atomic E-state index is 0.261. The molecule has 1 N–H and O–H groups in total. The minimum absolute atomic E-state index is 0.261. The molecular formula is C5H9ClN2. The maximum absolute atomic E-state index is 6.86. The molecule has 0 saturated heterocycles. The zero-order valence-electron chi connectivity index (χ0n) is 5.03. The van der Waals surface area contributed by atoms with Crippen molar-refractivity contribution in [2.24, 2.45) is 4.99 Å². The van der Waals surface area contributed by atoms with Gasteiger partial charge >= 0.3 is 0 Å². The molecule has 0 aromatic heterocycles. The van der Waals surface area contributed by atoms with Gasteiger partial charge in [-0.2, -0.15) is 0 Å². The molecule has 0 aliphatic rings. The molecule has 0 amide bonds. The SMILES string of the molecule is CC/C(Cl)=N\C(C)=N. The molecule has 0 bridgehead atoms. The topological polar surface area (TPSA) is 36.2 Å². The van der Waals surface area contributed by atoms with E-state index in [2.05, 4.69) is 4.99 Å². The smallest absolute Gasteiger partial charge is 0.118 e. The molecule has 2 nitrogen and oxygen atoms in total. The maximum atomic E-state index is 6.86. The Balaban J connectivity index is 3.75. The summed E-state index contributed by atoms with van der Waals surface area (Å²) in [7, 11) is 0. The highest BCUT2D eigenvalue weighted by molar-refractivity contribution is 6.66. The van der Waals surface area contributed by atoms with Crippen LogP contribution in [0.3, 0.4) is 0 Å². The molecule has 46 valence electrons. The van der Waals surface area contributed by atoms with Crippen molar-refractivity contribution in [1.82, 2.24) is 0 Å². The van der Waals surface area contributed by atoms with Crippen LogP contribution in [-0.2, 0) is 0 Å². The summed E-state index contributed by atoms with van der Waals surface area (Å²) in [5, 5.41) is 7.35. The Kier molecular flexibility index (Phi) is 3.44. The zero-order valence-corrected chi connectivity index (χ0v) is 5.79. The zero-order chi connectivity index (χ0) is 6.57. The second-order valence-corrected chi connectivity index (χ2v) is 1.86. The van der Waals surface area contributed by atoms with E-state index in [0.29, 0.717) is 11.6 Å². The summed E-state index contributed by atoms with van der Waals surface area (Å²) in [5.74, 6) is 0.261. The first kappa shape index (κ1) is 7.63. The summed E-state index contributed by atoms with van der Waals surface area (Å²) >= 11 is 5.47. The highest BCUT2D eigenvalue weighted by Crippen LogP contribution is 1.91. The number of nitrogens with one attached hydrogen (secondary N) is 1. The van der Waals surface area contributed by atoms with Crippen molar-refractivity contribution in [3.8, 4) is 0 Å². The van der Waals surface area contributed by atoms with E-state index < -0.39 is 0 Å². The molecule has 0 spiro atoms. The molecule has 0 atom stereocenters. The average molecular weight is 133 g/mol. The fourth-order valence-electron chi connectivity index (χ4n) is 0.261. The number of nitrogens with zero attached hydrogens (tertiary/aromatic N) is 1. The highest BCUT2D eigenvalue weighted by atomic mass is 35.5. The first-order chi connectivity index (χ1) is 3.66. The minimum Gasteiger partial charge on any atom is -0.287 e. The molecule has 0 heterocycles. The number of hydrogen-bond donors (Lipinski definition) is 1. The summed E-state index contributed by atoms with van der Waals surface area (Å²) in [5.41, 5.74) is 0. The number of rotatable bonds is 1. The lowest BCUT2D eigenvalue weighted by Crippen LogP contribution is -1.88. The van der Waals surface area contributed by atoms with Gasteiger partial charge in [0.15, 0.2) is 0 Å². The van der Waals surface area contributed by atoms with Crippen LogP contribution in [0, 0.1) is 5.41 Å². The van der Waals surface area contributed by atoms with E-state index in [1.54, 1.807) is 6.92 Å². The fraction of sp³-hybridized carbons (Fsp3) is 0.600. The third-order valence-corrected chi connectivity index (χ3v) is 0.933. The first-order valence-corrected chi connectivity index (χ1v) is 2.82.